The van der Waals surface area contributed by atoms with E-state index in [1.807, 2.05) is 0 Å². The standard InChI is InChI=1S/C10H10F5P/c1-16(2,3)4-5-6(11)8(13)10(15)9(14)7(5)12/h4H,1-3H3. The first-order chi connectivity index (χ1) is 7.15. The normalized spacial score (nSPS) is 11.8. The number of rotatable bonds is 1. The molecule has 16 heavy (non-hydrogen) atoms. The van der Waals surface area contributed by atoms with Gasteiger partial charge in [0.05, 0.1) is 5.56 Å². The predicted octanol–water partition coefficient (Wildman–Crippen LogP) is 3.44. The van der Waals surface area contributed by atoms with Gasteiger partial charge in [-0.1, -0.05) is 5.80 Å². The quantitative estimate of drug-likeness (QED) is 0.312. The molecule has 1 aromatic carbocycles. The Bertz CT molecular complexity index is 449. The number of hydrogen-bond donors (Lipinski definition) is 0. The van der Waals surface area contributed by atoms with Crippen LogP contribution < -0.4 is 0 Å². The Kier molecular flexibility index (Phi) is 3.48. The van der Waals surface area contributed by atoms with E-state index in [1.54, 1.807) is 20.0 Å². The van der Waals surface area contributed by atoms with Crippen molar-refractivity contribution in [2.75, 3.05) is 20.0 Å². The predicted molar refractivity (Wildman–Crippen MR) is 56.1 cm³/mol. The van der Waals surface area contributed by atoms with Crippen LogP contribution in [0.4, 0.5) is 22.0 Å². The van der Waals surface area contributed by atoms with Crippen LogP contribution in [0.15, 0.2) is 0 Å². The van der Waals surface area contributed by atoms with E-state index >= 15 is 0 Å². The van der Waals surface area contributed by atoms with E-state index in [4.69, 9.17) is 0 Å². The summed E-state index contributed by atoms with van der Waals surface area (Å²) < 4.78 is 64.7. The Morgan fingerprint density at radius 2 is 1.00 bits per heavy atom. The van der Waals surface area contributed by atoms with E-state index in [0.717, 1.165) is 5.80 Å². The molecular formula is C10H10F5P. The lowest BCUT2D eigenvalue weighted by molar-refractivity contribution is 0.377. The van der Waals surface area contributed by atoms with Crippen LogP contribution in [0.5, 0.6) is 0 Å². The maximum Gasteiger partial charge on any atom is 0.200 e. The molecule has 90 valence electrons. The van der Waals surface area contributed by atoms with Gasteiger partial charge in [0.2, 0.25) is 5.82 Å². The summed E-state index contributed by atoms with van der Waals surface area (Å²) in [7, 11) is 0. The molecule has 0 nitrogen and oxygen atoms in total. The second kappa shape index (κ2) is 4.21. The van der Waals surface area contributed by atoms with Gasteiger partial charge in [-0.2, -0.15) is 0 Å². The zero-order valence-electron chi connectivity index (χ0n) is 8.91. The van der Waals surface area contributed by atoms with Crippen molar-refractivity contribution < 1.29 is 22.0 Å². The third kappa shape index (κ3) is 2.46. The van der Waals surface area contributed by atoms with Crippen molar-refractivity contribution in [3.63, 3.8) is 0 Å². The maximum atomic E-state index is 13.2. The van der Waals surface area contributed by atoms with Gasteiger partial charge in [-0.05, 0) is 20.0 Å². The molecule has 0 aliphatic carbocycles. The molecule has 0 atom stereocenters. The Labute approximate surface area is 90.1 Å². The molecular weight excluding hydrogens is 246 g/mol. The summed E-state index contributed by atoms with van der Waals surface area (Å²) in [5.41, 5.74) is -0.836. The summed E-state index contributed by atoms with van der Waals surface area (Å²) in [4.78, 5) is 0. The number of benzene rings is 1. The molecule has 0 bridgehead atoms. The van der Waals surface area contributed by atoms with E-state index < -0.39 is 41.5 Å². The first-order valence-electron chi connectivity index (χ1n) is 4.33. The average Bonchev–Trinajstić information content (AvgIpc) is 2.17. The van der Waals surface area contributed by atoms with Crippen LogP contribution in [0, 0.1) is 29.1 Å². The number of halogens is 5. The van der Waals surface area contributed by atoms with Crippen molar-refractivity contribution >= 4 is 12.7 Å². The maximum absolute atomic E-state index is 13.2. The summed E-state index contributed by atoms with van der Waals surface area (Å²) in [6.45, 7) is 3.29. The molecule has 1 rings (SSSR count). The van der Waals surface area contributed by atoms with Crippen molar-refractivity contribution in [3.8, 4) is 0 Å². The zero-order chi connectivity index (χ0) is 12.7. The van der Waals surface area contributed by atoms with Crippen LogP contribution in [-0.2, 0) is 0 Å². The van der Waals surface area contributed by atoms with Gasteiger partial charge in [0.25, 0.3) is 0 Å². The minimum atomic E-state index is -2.13. The van der Waals surface area contributed by atoms with E-state index in [2.05, 4.69) is 0 Å². The van der Waals surface area contributed by atoms with E-state index in [1.165, 1.54) is 0 Å². The van der Waals surface area contributed by atoms with Crippen LogP contribution in [0.2, 0.25) is 0 Å². The van der Waals surface area contributed by atoms with Crippen LogP contribution in [0.25, 0.3) is 0 Å². The summed E-state index contributed by atoms with van der Waals surface area (Å²) in [5, 5.41) is 0. The fourth-order valence-electron chi connectivity index (χ4n) is 1.12. The van der Waals surface area contributed by atoms with Crippen LogP contribution in [0.3, 0.4) is 0 Å². The third-order valence-corrected chi connectivity index (χ3v) is 2.79. The minimum absolute atomic E-state index is 0.836. The van der Waals surface area contributed by atoms with Crippen molar-refractivity contribution in [2.45, 2.75) is 0 Å². The highest BCUT2D eigenvalue weighted by atomic mass is 31.2. The molecule has 0 fully saturated rings. The molecule has 0 amide bonds. The van der Waals surface area contributed by atoms with Gasteiger partial charge in [0, 0.05) is 0 Å². The van der Waals surface area contributed by atoms with Gasteiger partial charge in [-0.3, -0.25) is 0 Å². The Morgan fingerprint density at radius 3 is 1.31 bits per heavy atom. The fraction of sp³-hybridized carbons (Fsp3) is 0.300. The molecule has 0 heterocycles. The topological polar surface area (TPSA) is 0 Å². The summed E-state index contributed by atoms with van der Waals surface area (Å²) in [5.74, 6) is -8.36. The highest BCUT2D eigenvalue weighted by Crippen LogP contribution is 2.34. The van der Waals surface area contributed by atoms with E-state index in [0.29, 0.717) is 0 Å². The number of hydrogen-bond acceptors (Lipinski definition) is 0. The van der Waals surface area contributed by atoms with Crippen LogP contribution in [-0.4, -0.2) is 25.8 Å². The first kappa shape index (κ1) is 13.2. The molecule has 0 saturated carbocycles. The molecule has 0 radical (unpaired) electrons. The van der Waals surface area contributed by atoms with Crippen molar-refractivity contribution in [3.05, 3.63) is 34.6 Å². The zero-order valence-corrected chi connectivity index (χ0v) is 9.81. The Balaban J connectivity index is 3.66. The lowest BCUT2D eigenvalue weighted by atomic mass is 10.2. The van der Waals surface area contributed by atoms with Crippen LogP contribution >= 0.6 is 6.89 Å². The van der Waals surface area contributed by atoms with E-state index in [-0.39, 0.29) is 0 Å². The fourth-order valence-corrected chi connectivity index (χ4v) is 2.12. The van der Waals surface area contributed by atoms with Gasteiger partial charge in [-0.15, -0.1) is 6.89 Å². The first-order valence-corrected chi connectivity index (χ1v) is 7.53. The van der Waals surface area contributed by atoms with Crippen molar-refractivity contribution in [2.24, 2.45) is 0 Å². The second-order valence-corrected chi connectivity index (χ2v) is 8.72. The highest BCUT2D eigenvalue weighted by Gasteiger charge is 2.24. The molecule has 6 heteroatoms. The molecule has 0 aliphatic rings. The molecule has 0 aliphatic heterocycles. The SMILES string of the molecule is CP(C)(C)=Cc1c(F)c(F)c(F)c(F)c1F. The average molecular weight is 256 g/mol. The highest BCUT2D eigenvalue weighted by molar-refractivity contribution is 7.73. The third-order valence-electron chi connectivity index (χ3n) is 1.76. The minimum Gasteiger partial charge on any atom is -0.203 e. The summed E-state index contributed by atoms with van der Waals surface area (Å²) in [6, 6.07) is 0. The van der Waals surface area contributed by atoms with Crippen LogP contribution in [0.1, 0.15) is 5.56 Å². The lowest BCUT2D eigenvalue weighted by Crippen LogP contribution is -2.07. The largest absolute Gasteiger partial charge is 0.203 e. The van der Waals surface area contributed by atoms with Gasteiger partial charge in [0.1, 0.15) is 0 Å². The molecule has 0 spiro atoms. The van der Waals surface area contributed by atoms with Crippen molar-refractivity contribution in [1.82, 2.24) is 0 Å². The molecule has 0 N–H and O–H groups in total. The van der Waals surface area contributed by atoms with E-state index in [9.17, 15) is 22.0 Å². The second-order valence-electron chi connectivity index (χ2n) is 4.23. The summed E-state index contributed by atoms with van der Waals surface area (Å²) >= 11 is 0. The summed E-state index contributed by atoms with van der Waals surface area (Å²) in [6.07, 6.45) is 0. The van der Waals surface area contributed by atoms with Gasteiger partial charge in [0.15, 0.2) is 23.3 Å². The Hall–Kier alpha value is -0.830. The molecule has 1 aromatic rings. The molecule has 0 unspecified atom stereocenters. The van der Waals surface area contributed by atoms with Crippen molar-refractivity contribution in [1.29, 1.82) is 0 Å². The van der Waals surface area contributed by atoms with Gasteiger partial charge >= 0.3 is 0 Å². The molecule has 0 saturated heterocycles. The van der Waals surface area contributed by atoms with Gasteiger partial charge in [-0.25, -0.2) is 22.0 Å². The van der Waals surface area contributed by atoms with Gasteiger partial charge < -0.3 is 0 Å². The monoisotopic (exact) mass is 256 g/mol. The Morgan fingerprint density at radius 1 is 0.688 bits per heavy atom. The lowest BCUT2D eigenvalue weighted by Gasteiger charge is -2.10. The molecule has 0 aromatic heterocycles. The smallest absolute Gasteiger partial charge is 0.200 e.